The Hall–Kier alpha value is -2.20. The minimum atomic E-state index is 0.621. The van der Waals surface area contributed by atoms with Crippen LogP contribution < -0.4 is 14.8 Å². The van der Waals surface area contributed by atoms with Gasteiger partial charge in [0.15, 0.2) is 11.5 Å². The molecular formula is C24H32N2O2. The fraction of sp³-hybridized carbons (Fsp3) is 0.500. The number of nitrogens with zero attached hydrogens (tertiary/aromatic N) is 1. The van der Waals surface area contributed by atoms with Crippen LogP contribution in [0.5, 0.6) is 11.5 Å². The van der Waals surface area contributed by atoms with Crippen molar-refractivity contribution in [2.75, 3.05) is 45.7 Å². The van der Waals surface area contributed by atoms with E-state index in [0.717, 1.165) is 18.0 Å². The summed E-state index contributed by atoms with van der Waals surface area (Å²) in [5.41, 5.74) is 4.23. The van der Waals surface area contributed by atoms with Crippen molar-refractivity contribution in [1.82, 2.24) is 4.90 Å². The SMILES string of the molecule is COc1ccc(C2CCN(CCC3CCNc4ccccc43)CC2)cc1OC. The molecule has 1 saturated heterocycles. The fourth-order valence-electron chi connectivity index (χ4n) is 4.79. The average molecular weight is 381 g/mol. The van der Waals surface area contributed by atoms with Gasteiger partial charge in [0.25, 0.3) is 0 Å². The van der Waals surface area contributed by atoms with Gasteiger partial charge < -0.3 is 19.7 Å². The first-order chi connectivity index (χ1) is 13.8. The molecule has 0 spiro atoms. The number of nitrogens with one attached hydrogen (secondary N) is 1. The van der Waals surface area contributed by atoms with E-state index in [0.29, 0.717) is 11.8 Å². The van der Waals surface area contributed by atoms with Crippen molar-refractivity contribution in [3.05, 3.63) is 53.6 Å². The van der Waals surface area contributed by atoms with E-state index in [-0.39, 0.29) is 0 Å². The molecule has 28 heavy (non-hydrogen) atoms. The summed E-state index contributed by atoms with van der Waals surface area (Å²) in [5, 5.41) is 3.54. The summed E-state index contributed by atoms with van der Waals surface area (Å²) in [6, 6.07) is 15.2. The van der Waals surface area contributed by atoms with Crippen molar-refractivity contribution in [2.24, 2.45) is 0 Å². The van der Waals surface area contributed by atoms with Crippen LogP contribution in [0.3, 0.4) is 0 Å². The Morgan fingerprint density at radius 2 is 1.75 bits per heavy atom. The normalized spacial score (nSPS) is 20.3. The molecule has 4 heteroatoms. The van der Waals surface area contributed by atoms with Crippen LogP contribution in [0.4, 0.5) is 5.69 Å². The maximum absolute atomic E-state index is 5.48. The lowest BCUT2D eigenvalue weighted by Crippen LogP contribution is -2.34. The summed E-state index contributed by atoms with van der Waals surface area (Å²) < 4.78 is 10.9. The molecule has 0 aliphatic carbocycles. The zero-order chi connectivity index (χ0) is 19.3. The van der Waals surface area contributed by atoms with Gasteiger partial charge >= 0.3 is 0 Å². The molecule has 4 nitrogen and oxygen atoms in total. The van der Waals surface area contributed by atoms with E-state index in [2.05, 4.69) is 46.6 Å². The lowest BCUT2D eigenvalue weighted by Gasteiger charge is -2.34. The summed E-state index contributed by atoms with van der Waals surface area (Å²) in [6.07, 6.45) is 4.95. The van der Waals surface area contributed by atoms with Crippen LogP contribution in [-0.4, -0.2) is 45.3 Å². The highest BCUT2D eigenvalue weighted by Gasteiger charge is 2.24. The van der Waals surface area contributed by atoms with Crippen molar-refractivity contribution >= 4 is 5.69 Å². The standard InChI is InChI=1S/C24H32N2O2/c1-27-23-8-7-20(17-24(23)28-2)18-10-14-26(15-11-18)16-12-19-9-13-25-22-6-4-3-5-21(19)22/h3-8,17-19,25H,9-16H2,1-2H3. The van der Waals surface area contributed by atoms with E-state index >= 15 is 0 Å². The quantitative estimate of drug-likeness (QED) is 0.775. The van der Waals surface area contributed by atoms with Crippen LogP contribution in [0.15, 0.2) is 42.5 Å². The summed E-state index contributed by atoms with van der Waals surface area (Å²) in [5.74, 6) is 2.97. The van der Waals surface area contributed by atoms with Crippen LogP contribution in [-0.2, 0) is 0 Å². The Labute approximate surface area is 168 Å². The highest BCUT2D eigenvalue weighted by atomic mass is 16.5. The van der Waals surface area contributed by atoms with E-state index in [1.54, 1.807) is 14.2 Å². The number of ether oxygens (including phenoxy) is 2. The molecule has 0 amide bonds. The topological polar surface area (TPSA) is 33.7 Å². The van der Waals surface area contributed by atoms with E-state index in [4.69, 9.17) is 9.47 Å². The number of piperidine rings is 1. The molecule has 0 aromatic heterocycles. The zero-order valence-electron chi connectivity index (χ0n) is 17.1. The van der Waals surface area contributed by atoms with Crippen molar-refractivity contribution in [3.63, 3.8) is 0 Å². The van der Waals surface area contributed by atoms with E-state index in [1.807, 2.05) is 6.07 Å². The molecule has 2 aliphatic heterocycles. The molecule has 2 aromatic rings. The van der Waals surface area contributed by atoms with Gasteiger partial charge in [-0.1, -0.05) is 24.3 Å². The Bertz CT molecular complexity index is 784. The molecule has 0 bridgehead atoms. The van der Waals surface area contributed by atoms with Gasteiger partial charge in [-0.05, 0) is 86.5 Å². The minimum Gasteiger partial charge on any atom is -0.493 e. The first kappa shape index (κ1) is 19.1. The Balaban J connectivity index is 1.31. The molecule has 2 heterocycles. The van der Waals surface area contributed by atoms with Crippen LogP contribution in [0.1, 0.15) is 48.6 Å². The Morgan fingerprint density at radius 1 is 0.964 bits per heavy atom. The van der Waals surface area contributed by atoms with Crippen LogP contribution >= 0.6 is 0 Å². The number of fused-ring (bicyclic) bond motifs is 1. The maximum atomic E-state index is 5.48. The predicted molar refractivity (Wildman–Crippen MR) is 115 cm³/mol. The second-order valence-electron chi connectivity index (χ2n) is 8.02. The second kappa shape index (κ2) is 8.87. The smallest absolute Gasteiger partial charge is 0.160 e. The van der Waals surface area contributed by atoms with Crippen molar-refractivity contribution < 1.29 is 9.47 Å². The van der Waals surface area contributed by atoms with Gasteiger partial charge in [-0.25, -0.2) is 0 Å². The molecular weight excluding hydrogens is 348 g/mol. The predicted octanol–water partition coefficient (Wildman–Crippen LogP) is 4.87. The third kappa shape index (κ3) is 4.12. The lowest BCUT2D eigenvalue weighted by molar-refractivity contribution is 0.204. The number of methoxy groups -OCH3 is 2. The molecule has 1 fully saturated rings. The van der Waals surface area contributed by atoms with E-state index in [1.165, 1.54) is 62.1 Å². The lowest BCUT2D eigenvalue weighted by atomic mass is 9.87. The van der Waals surface area contributed by atoms with Gasteiger partial charge in [0.05, 0.1) is 14.2 Å². The van der Waals surface area contributed by atoms with Gasteiger partial charge in [0.2, 0.25) is 0 Å². The van der Waals surface area contributed by atoms with Gasteiger partial charge in [0, 0.05) is 12.2 Å². The highest BCUT2D eigenvalue weighted by Crippen LogP contribution is 2.36. The number of benzene rings is 2. The van der Waals surface area contributed by atoms with Gasteiger partial charge in [-0.2, -0.15) is 0 Å². The third-order valence-electron chi connectivity index (χ3n) is 6.47. The number of hydrogen-bond donors (Lipinski definition) is 1. The molecule has 1 N–H and O–H groups in total. The monoisotopic (exact) mass is 380 g/mol. The van der Waals surface area contributed by atoms with Crippen molar-refractivity contribution in [3.8, 4) is 11.5 Å². The largest absolute Gasteiger partial charge is 0.493 e. The van der Waals surface area contributed by atoms with Crippen LogP contribution in [0, 0.1) is 0 Å². The molecule has 0 saturated carbocycles. The van der Waals surface area contributed by atoms with Gasteiger partial charge in [-0.3, -0.25) is 0 Å². The summed E-state index contributed by atoms with van der Waals surface area (Å²) in [4.78, 5) is 2.65. The number of anilines is 1. The van der Waals surface area contributed by atoms with Crippen molar-refractivity contribution in [2.45, 2.75) is 37.5 Å². The minimum absolute atomic E-state index is 0.621. The number of para-hydroxylation sites is 1. The molecule has 4 rings (SSSR count). The zero-order valence-corrected chi connectivity index (χ0v) is 17.1. The molecule has 1 atom stereocenters. The van der Waals surface area contributed by atoms with Crippen LogP contribution in [0.25, 0.3) is 0 Å². The molecule has 0 radical (unpaired) electrons. The van der Waals surface area contributed by atoms with E-state index < -0.39 is 0 Å². The van der Waals surface area contributed by atoms with Gasteiger partial charge in [0.1, 0.15) is 0 Å². The summed E-state index contributed by atoms with van der Waals surface area (Å²) in [6.45, 7) is 4.68. The van der Waals surface area contributed by atoms with E-state index in [9.17, 15) is 0 Å². The second-order valence-corrected chi connectivity index (χ2v) is 8.02. The maximum Gasteiger partial charge on any atom is 0.160 e. The fourth-order valence-corrected chi connectivity index (χ4v) is 4.79. The summed E-state index contributed by atoms with van der Waals surface area (Å²) in [7, 11) is 3.40. The molecule has 2 aliphatic rings. The first-order valence-electron chi connectivity index (χ1n) is 10.6. The Morgan fingerprint density at radius 3 is 2.54 bits per heavy atom. The molecule has 1 unspecified atom stereocenters. The van der Waals surface area contributed by atoms with Gasteiger partial charge in [-0.15, -0.1) is 0 Å². The number of hydrogen-bond acceptors (Lipinski definition) is 4. The van der Waals surface area contributed by atoms with Crippen molar-refractivity contribution in [1.29, 1.82) is 0 Å². The molecule has 150 valence electrons. The number of rotatable bonds is 6. The Kier molecular flexibility index (Phi) is 6.06. The molecule has 2 aromatic carbocycles. The average Bonchev–Trinajstić information content (AvgIpc) is 2.77. The van der Waals surface area contributed by atoms with Crippen LogP contribution in [0.2, 0.25) is 0 Å². The number of likely N-dealkylation sites (tertiary alicyclic amines) is 1. The first-order valence-corrected chi connectivity index (χ1v) is 10.6. The highest BCUT2D eigenvalue weighted by molar-refractivity contribution is 5.54. The summed E-state index contributed by atoms with van der Waals surface area (Å²) >= 11 is 0. The third-order valence-corrected chi connectivity index (χ3v) is 6.47.